The van der Waals surface area contributed by atoms with Crippen molar-refractivity contribution in [2.45, 2.75) is 32.7 Å². The van der Waals surface area contributed by atoms with Gasteiger partial charge in [-0.25, -0.2) is 5.01 Å². The van der Waals surface area contributed by atoms with Gasteiger partial charge in [0.1, 0.15) is 17.5 Å². The Balaban J connectivity index is 2.01. The summed E-state index contributed by atoms with van der Waals surface area (Å²) in [5.74, 6) is 0.636. The Labute approximate surface area is 135 Å². The summed E-state index contributed by atoms with van der Waals surface area (Å²) >= 11 is 0. The van der Waals surface area contributed by atoms with Gasteiger partial charge in [0.25, 0.3) is 5.91 Å². The molecule has 0 saturated heterocycles. The molecule has 1 N–H and O–H groups in total. The molecule has 23 heavy (non-hydrogen) atoms. The third-order valence-corrected chi connectivity index (χ3v) is 3.40. The van der Waals surface area contributed by atoms with E-state index in [2.05, 4.69) is 24.3 Å². The van der Waals surface area contributed by atoms with Crippen LogP contribution in [-0.4, -0.2) is 42.8 Å². The predicted molar refractivity (Wildman–Crippen MR) is 84.7 cm³/mol. The van der Waals surface area contributed by atoms with Crippen LogP contribution < -0.4 is 5.32 Å². The Morgan fingerprint density at radius 3 is 2.83 bits per heavy atom. The van der Waals surface area contributed by atoms with Gasteiger partial charge in [0.05, 0.1) is 12.9 Å². The Morgan fingerprint density at radius 2 is 2.22 bits per heavy atom. The van der Waals surface area contributed by atoms with Gasteiger partial charge in [-0.15, -0.1) is 0 Å². The second-order valence-electron chi connectivity index (χ2n) is 5.94. The fourth-order valence-corrected chi connectivity index (χ4v) is 2.18. The molecule has 2 rings (SSSR count). The second kappa shape index (κ2) is 7.92. The summed E-state index contributed by atoms with van der Waals surface area (Å²) in [4.78, 5) is 23.8. The molecule has 1 aromatic heterocycles. The second-order valence-corrected chi connectivity index (χ2v) is 5.94. The van der Waals surface area contributed by atoms with E-state index in [1.165, 1.54) is 5.01 Å². The van der Waals surface area contributed by atoms with E-state index in [4.69, 9.17) is 9.15 Å². The molecule has 0 bridgehead atoms. The lowest BCUT2D eigenvalue weighted by atomic mass is 10.1. The van der Waals surface area contributed by atoms with Crippen LogP contribution in [0.5, 0.6) is 0 Å². The highest BCUT2D eigenvalue weighted by atomic mass is 16.5. The summed E-state index contributed by atoms with van der Waals surface area (Å²) in [6, 6.07) is 3.17. The summed E-state index contributed by atoms with van der Waals surface area (Å²) in [7, 11) is 1.55. The van der Waals surface area contributed by atoms with Crippen LogP contribution in [0.3, 0.4) is 0 Å². The Hall–Kier alpha value is -2.15. The molecule has 0 radical (unpaired) electrons. The van der Waals surface area contributed by atoms with Crippen LogP contribution in [0, 0.1) is 5.92 Å². The maximum atomic E-state index is 12.4. The molecule has 0 aliphatic carbocycles. The first-order chi connectivity index (χ1) is 11.0. The molecule has 7 heteroatoms. The highest BCUT2D eigenvalue weighted by molar-refractivity contribution is 6.39. The van der Waals surface area contributed by atoms with E-state index in [1.807, 2.05) is 0 Å². The van der Waals surface area contributed by atoms with Gasteiger partial charge in [-0.2, -0.15) is 5.10 Å². The standard InChI is InChI=1S/C16H23N3O4/c1-11(2)9-22-10-13(14-5-4-8-23-14)17-16(21)12-6-7-15(20)19(3)18-12/h4-5,8,11,13H,6-7,9-10H2,1-3H3,(H,17,21). The molecule has 7 nitrogen and oxygen atoms in total. The molecular weight excluding hydrogens is 298 g/mol. The summed E-state index contributed by atoms with van der Waals surface area (Å²) in [6.07, 6.45) is 2.19. The molecule has 1 atom stereocenters. The van der Waals surface area contributed by atoms with Crippen molar-refractivity contribution >= 4 is 17.5 Å². The van der Waals surface area contributed by atoms with Gasteiger partial charge < -0.3 is 14.5 Å². The Kier molecular flexibility index (Phi) is 5.92. The third-order valence-electron chi connectivity index (χ3n) is 3.40. The molecule has 1 aliphatic rings. The Morgan fingerprint density at radius 1 is 1.43 bits per heavy atom. The number of hydrazone groups is 1. The van der Waals surface area contributed by atoms with Crippen LogP contribution in [-0.2, 0) is 14.3 Å². The van der Waals surface area contributed by atoms with E-state index >= 15 is 0 Å². The van der Waals surface area contributed by atoms with E-state index in [0.29, 0.717) is 37.0 Å². The first-order valence-electron chi connectivity index (χ1n) is 7.73. The molecule has 0 aromatic carbocycles. The molecule has 0 spiro atoms. The topological polar surface area (TPSA) is 84.1 Å². The maximum Gasteiger partial charge on any atom is 0.268 e. The minimum absolute atomic E-state index is 0.0931. The normalized spacial score (nSPS) is 16.4. The van der Waals surface area contributed by atoms with E-state index < -0.39 is 0 Å². The van der Waals surface area contributed by atoms with Crippen LogP contribution in [0.4, 0.5) is 0 Å². The number of carbonyl (C=O) groups is 2. The highest BCUT2D eigenvalue weighted by Crippen LogP contribution is 2.15. The van der Waals surface area contributed by atoms with Crippen molar-refractivity contribution in [1.82, 2.24) is 10.3 Å². The molecule has 0 fully saturated rings. The number of rotatable bonds is 7. The highest BCUT2D eigenvalue weighted by Gasteiger charge is 2.25. The summed E-state index contributed by atoms with van der Waals surface area (Å²) < 4.78 is 11.0. The molecule has 126 valence electrons. The van der Waals surface area contributed by atoms with Crippen molar-refractivity contribution < 1.29 is 18.7 Å². The van der Waals surface area contributed by atoms with E-state index in [0.717, 1.165) is 0 Å². The number of hydrogen-bond acceptors (Lipinski definition) is 5. The van der Waals surface area contributed by atoms with Crippen molar-refractivity contribution in [2.24, 2.45) is 11.0 Å². The zero-order valence-corrected chi connectivity index (χ0v) is 13.7. The zero-order chi connectivity index (χ0) is 16.8. The minimum atomic E-state index is -0.387. The lowest BCUT2D eigenvalue weighted by molar-refractivity contribution is -0.130. The minimum Gasteiger partial charge on any atom is -0.467 e. The first kappa shape index (κ1) is 17.2. The number of ether oxygens (including phenoxy) is 1. The number of nitrogens with zero attached hydrogens (tertiary/aromatic N) is 2. The van der Waals surface area contributed by atoms with Gasteiger partial charge in [0.2, 0.25) is 5.91 Å². The van der Waals surface area contributed by atoms with Crippen LogP contribution in [0.15, 0.2) is 27.9 Å². The molecule has 2 heterocycles. The lowest BCUT2D eigenvalue weighted by Gasteiger charge is -2.21. The first-order valence-corrected chi connectivity index (χ1v) is 7.73. The average molecular weight is 321 g/mol. The van der Waals surface area contributed by atoms with Gasteiger partial charge in [-0.1, -0.05) is 13.8 Å². The smallest absolute Gasteiger partial charge is 0.268 e. The fourth-order valence-electron chi connectivity index (χ4n) is 2.18. The SMILES string of the molecule is CC(C)COCC(NC(=O)C1=NN(C)C(=O)CC1)c1ccco1. The third kappa shape index (κ3) is 4.92. The number of amides is 2. The van der Waals surface area contributed by atoms with E-state index in [-0.39, 0.29) is 24.3 Å². The Bertz CT molecular complexity index is 566. The van der Waals surface area contributed by atoms with E-state index in [9.17, 15) is 9.59 Å². The average Bonchev–Trinajstić information content (AvgIpc) is 3.02. The molecule has 1 unspecified atom stereocenters. The van der Waals surface area contributed by atoms with Crippen molar-refractivity contribution in [3.63, 3.8) is 0 Å². The number of nitrogens with one attached hydrogen (secondary N) is 1. The molecule has 2 amide bonds. The van der Waals surface area contributed by atoms with Gasteiger partial charge in [-0.05, 0) is 18.1 Å². The molecule has 1 aliphatic heterocycles. The summed E-state index contributed by atoms with van der Waals surface area (Å²) in [5.41, 5.74) is 0.340. The predicted octanol–water partition coefficient (Wildman–Crippen LogP) is 1.72. The van der Waals surface area contributed by atoms with Gasteiger partial charge in [0, 0.05) is 26.5 Å². The van der Waals surface area contributed by atoms with E-state index in [1.54, 1.807) is 25.4 Å². The van der Waals surface area contributed by atoms with Crippen molar-refractivity contribution in [3.05, 3.63) is 24.2 Å². The van der Waals surface area contributed by atoms with Crippen molar-refractivity contribution in [2.75, 3.05) is 20.3 Å². The summed E-state index contributed by atoms with van der Waals surface area (Å²) in [5, 5.41) is 8.10. The lowest BCUT2D eigenvalue weighted by Crippen LogP contribution is -2.40. The van der Waals surface area contributed by atoms with Crippen LogP contribution in [0.1, 0.15) is 38.5 Å². The van der Waals surface area contributed by atoms with Crippen molar-refractivity contribution in [1.29, 1.82) is 0 Å². The summed E-state index contributed by atoms with van der Waals surface area (Å²) in [6.45, 7) is 5.04. The maximum absolute atomic E-state index is 12.4. The van der Waals surface area contributed by atoms with Gasteiger partial charge in [-0.3, -0.25) is 9.59 Å². The number of furan rings is 1. The fraction of sp³-hybridized carbons (Fsp3) is 0.562. The molecule has 0 saturated carbocycles. The zero-order valence-electron chi connectivity index (χ0n) is 13.7. The largest absolute Gasteiger partial charge is 0.467 e. The number of hydrogen-bond donors (Lipinski definition) is 1. The van der Waals surface area contributed by atoms with Gasteiger partial charge in [0.15, 0.2) is 0 Å². The van der Waals surface area contributed by atoms with Crippen LogP contribution in [0.2, 0.25) is 0 Å². The molecular formula is C16H23N3O4. The quantitative estimate of drug-likeness (QED) is 0.828. The monoisotopic (exact) mass is 321 g/mol. The van der Waals surface area contributed by atoms with Gasteiger partial charge >= 0.3 is 0 Å². The van der Waals surface area contributed by atoms with Crippen LogP contribution >= 0.6 is 0 Å². The number of carbonyl (C=O) groups excluding carboxylic acids is 2. The molecule has 1 aromatic rings. The van der Waals surface area contributed by atoms with Crippen LogP contribution in [0.25, 0.3) is 0 Å². The van der Waals surface area contributed by atoms with Crippen molar-refractivity contribution in [3.8, 4) is 0 Å².